The van der Waals surface area contributed by atoms with E-state index in [4.69, 9.17) is 0 Å². The maximum Gasteiger partial charge on any atom is 0.305 e. The van der Waals surface area contributed by atoms with Crippen LogP contribution in [0.25, 0.3) is 0 Å². The van der Waals surface area contributed by atoms with Crippen LogP contribution in [0.1, 0.15) is 25.6 Å². The lowest BCUT2D eigenvalue weighted by atomic mass is 10.0. The molecule has 6 heteroatoms. The molecule has 1 rings (SSSR count). The number of likely N-dealkylation sites (N-methyl/N-ethyl adjacent to an activating group) is 1. The summed E-state index contributed by atoms with van der Waals surface area (Å²) in [6.07, 6.45) is 2.47. The Hall–Kier alpha value is -1.56. The van der Waals surface area contributed by atoms with E-state index in [1.165, 1.54) is 12.4 Å². The molecule has 0 radical (unpaired) electrons. The Morgan fingerprint density at radius 3 is 2.33 bits per heavy atom. The molecule has 0 bridgehead atoms. The first-order valence-electron chi connectivity index (χ1n) is 4.70. The SMILES string of the molecule is CNC(C)C(C)c1ncc([N+](=O)[O-])cn1. The Morgan fingerprint density at radius 1 is 1.40 bits per heavy atom. The van der Waals surface area contributed by atoms with Crippen LogP contribution in [-0.4, -0.2) is 28.0 Å². The van der Waals surface area contributed by atoms with Gasteiger partial charge in [-0.3, -0.25) is 10.1 Å². The summed E-state index contributed by atoms with van der Waals surface area (Å²) in [4.78, 5) is 17.8. The predicted octanol–water partition coefficient (Wildman–Crippen LogP) is 1.10. The average molecular weight is 210 g/mol. The van der Waals surface area contributed by atoms with Crippen LogP contribution in [0.5, 0.6) is 0 Å². The average Bonchev–Trinajstić information content (AvgIpc) is 2.27. The second-order valence-corrected chi connectivity index (χ2v) is 3.42. The molecule has 2 atom stereocenters. The molecule has 6 nitrogen and oxygen atoms in total. The van der Waals surface area contributed by atoms with Crippen molar-refractivity contribution in [3.05, 3.63) is 28.3 Å². The monoisotopic (exact) mass is 210 g/mol. The number of rotatable bonds is 4. The Labute approximate surface area is 87.9 Å². The summed E-state index contributed by atoms with van der Waals surface area (Å²) in [5.41, 5.74) is -0.0805. The highest BCUT2D eigenvalue weighted by Gasteiger charge is 2.16. The molecule has 82 valence electrons. The zero-order valence-corrected chi connectivity index (χ0v) is 8.97. The van der Waals surface area contributed by atoms with Crippen LogP contribution in [-0.2, 0) is 0 Å². The van der Waals surface area contributed by atoms with Gasteiger partial charge in [0.05, 0.1) is 4.92 Å². The third-order valence-corrected chi connectivity index (χ3v) is 2.48. The lowest BCUT2D eigenvalue weighted by Crippen LogP contribution is -2.28. The standard InChI is InChI=1S/C9H14N4O2/c1-6(7(2)10-3)9-11-4-8(5-12-9)13(14)15/h4-7,10H,1-3H3. The topological polar surface area (TPSA) is 81.0 Å². The van der Waals surface area contributed by atoms with Crippen molar-refractivity contribution in [2.75, 3.05) is 7.05 Å². The molecule has 0 saturated carbocycles. The second-order valence-electron chi connectivity index (χ2n) is 3.42. The van der Waals surface area contributed by atoms with E-state index in [0.717, 1.165) is 0 Å². The maximum atomic E-state index is 10.4. The lowest BCUT2D eigenvalue weighted by Gasteiger charge is -2.17. The van der Waals surface area contributed by atoms with Gasteiger partial charge < -0.3 is 5.32 Å². The van der Waals surface area contributed by atoms with Crippen molar-refractivity contribution in [2.24, 2.45) is 0 Å². The summed E-state index contributed by atoms with van der Waals surface area (Å²) in [6, 6.07) is 0.228. The van der Waals surface area contributed by atoms with Crippen molar-refractivity contribution in [3.63, 3.8) is 0 Å². The molecule has 0 fully saturated rings. The number of hydrogen-bond acceptors (Lipinski definition) is 5. The summed E-state index contributed by atoms with van der Waals surface area (Å²) in [5, 5.41) is 13.5. The minimum Gasteiger partial charge on any atom is -0.317 e. The Kier molecular flexibility index (Phi) is 3.68. The van der Waals surface area contributed by atoms with E-state index >= 15 is 0 Å². The molecule has 1 aromatic rings. The highest BCUT2D eigenvalue weighted by atomic mass is 16.6. The number of aromatic nitrogens is 2. The molecule has 2 unspecified atom stereocenters. The summed E-state index contributed by atoms with van der Waals surface area (Å²) in [7, 11) is 1.85. The summed E-state index contributed by atoms with van der Waals surface area (Å²) < 4.78 is 0. The molecule has 0 aliphatic carbocycles. The normalized spacial score (nSPS) is 14.6. The molecule has 0 aromatic carbocycles. The third-order valence-electron chi connectivity index (χ3n) is 2.48. The van der Waals surface area contributed by atoms with Crippen LogP contribution in [0.3, 0.4) is 0 Å². The first-order chi connectivity index (χ1) is 7.06. The Balaban J connectivity index is 2.84. The molecule has 1 aromatic heterocycles. The fourth-order valence-corrected chi connectivity index (χ4v) is 1.13. The second kappa shape index (κ2) is 4.79. The highest BCUT2D eigenvalue weighted by molar-refractivity contribution is 5.21. The van der Waals surface area contributed by atoms with Gasteiger partial charge in [0, 0.05) is 12.0 Å². The van der Waals surface area contributed by atoms with Gasteiger partial charge in [-0.05, 0) is 14.0 Å². The van der Waals surface area contributed by atoms with E-state index in [2.05, 4.69) is 15.3 Å². The molecular weight excluding hydrogens is 196 g/mol. The molecule has 0 aliphatic heterocycles. The molecule has 0 spiro atoms. The number of nitro groups is 1. The molecule has 0 amide bonds. The van der Waals surface area contributed by atoms with Crippen molar-refractivity contribution in [2.45, 2.75) is 25.8 Å². The zero-order valence-electron chi connectivity index (χ0n) is 8.97. The molecule has 1 heterocycles. The lowest BCUT2D eigenvalue weighted by molar-refractivity contribution is -0.385. The van der Waals surface area contributed by atoms with E-state index in [1.54, 1.807) is 0 Å². The maximum absolute atomic E-state index is 10.4. The van der Waals surface area contributed by atoms with Crippen molar-refractivity contribution in [3.8, 4) is 0 Å². The van der Waals surface area contributed by atoms with Crippen LogP contribution in [0.2, 0.25) is 0 Å². The smallest absolute Gasteiger partial charge is 0.305 e. The van der Waals surface area contributed by atoms with E-state index in [0.29, 0.717) is 5.82 Å². The number of hydrogen-bond donors (Lipinski definition) is 1. The van der Waals surface area contributed by atoms with Crippen molar-refractivity contribution in [1.29, 1.82) is 0 Å². The molecule has 0 saturated heterocycles. The molecule has 0 aliphatic rings. The fourth-order valence-electron chi connectivity index (χ4n) is 1.13. The molecular formula is C9H14N4O2. The minimum atomic E-state index is -0.504. The largest absolute Gasteiger partial charge is 0.317 e. The van der Waals surface area contributed by atoms with Crippen LogP contribution in [0, 0.1) is 10.1 Å². The molecule has 15 heavy (non-hydrogen) atoms. The van der Waals surface area contributed by atoms with Gasteiger partial charge in [0.1, 0.15) is 18.2 Å². The molecule has 1 N–H and O–H groups in total. The van der Waals surface area contributed by atoms with Crippen molar-refractivity contribution < 1.29 is 4.92 Å². The van der Waals surface area contributed by atoms with Gasteiger partial charge in [0.25, 0.3) is 0 Å². The Morgan fingerprint density at radius 2 is 1.93 bits per heavy atom. The summed E-state index contributed by atoms with van der Waals surface area (Å²) in [6.45, 7) is 3.98. The van der Waals surface area contributed by atoms with Gasteiger partial charge in [0.15, 0.2) is 0 Å². The zero-order chi connectivity index (χ0) is 11.4. The van der Waals surface area contributed by atoms with Gasteiger partial charge in [-0.1, -0.05) is 6.92 Å². The third kappa shape index (κ3) is 2.69. The minimum absolute atomic E-state index is 0.0805. The van der Waals surface area contributed by atoms with Crippen LogP contribution >= 0.6 is 0 Å². The van der Waals surface area contributed by atoms with Crippen molar-refractivity contribution >= 4 is 5.69 Å². The first-order valence-corrected chi connectivity index (χ1v) is 4.70. The van der Waals surface area contributed by atoms with Gasteiger partial charge in [-0.25, -0.2) is 9.97 Å². The predicted molar refractivity (Wildman–Crippen MR) is 55.6 cm³/mol. The quantitative estimate of drug-likeness (QED) is 0.594. The van der Waals surface area contributed by atoms with Crippen LogP contribution in [0.15, 0.2) is 12.4 Å². The van der Waals surface area contributed by atoms with E-state index in [1.807, 2.05) is 20.9 Å². The number of nitrogens with one attached hydrogen (secondary N) is 1. The summed E-state index contributed by atoms with van der Waals surface area (Å²) in [5.74, 6) is 0.734. The first kappa shape index (κ1) is 11.5. The van der Waals surface area contributed by atoms with Gasteiger partial charge in [-0.15, -0.1) is 0 Å². The summed E-state index contributed by atoms with van der Waals surface area (Å²) >= 11 is 0. The van der Waals surface area contributed by atoms with Crippen LogP contribution < -0.4 is 5.32 Å². The fraction of sp³-hybridized carbons (Fsp3) is 0.556. The van der Waals surface area contributed by atoms with E-state index in [9.17, 15) is 10.1 Å². The highest BCUT2D eigenvalue weighted by Crippen LogP contribution is 2.16. The Bertz CT molecular complexity index is 338. The number of nitrogens with zero attached hydrogens (tertiary/aromatic N) is 3. The van der Waals surface area contributed by atoms with Crippen molar-refractivity contribution in [1.82, 2.24) is 15.3 Å². The van der Waals surface area contributed by atoms with E-state index in [-0.39, 0.29) is 17.6 Å². The van der Waals surface area contributed by atoms with Crippen LogP contribution in [0.4, 0.5) is 5.69 Å². The van der Waals surface area contributed by atoms with Gasteiger partial charge >= 0.3 is 5.69 Å². The van der Waals surface area contributed by atoms with Gasteiger partial charge in [0.2, 0.25) is 0 Å². The van der Waals surface area contributed by atoms with Gasteiger partial charge in [-0.2, -0.15) is 0 Å². The van der Waals surface area contributed by atoms with E-state index < -0.39 is 4.92 Å².